The van der Waals surface area contributed by atoms with Gasteiger partial charge in [-0.3, -0.25) is 24.6 Å². The lowest BCUT2D eigenvalue weighted by Gasteiger charge is -2.43. The third-order valence-electron chi connectivity index (χ3n) is 7.48. The average molecular weight is 606 g/mol. The molecule has 10 nitrogen and oxygen atoms in total. The summed E-state index contributed by atoms with van der Waals surface area (Å²) < 4.78 is 25.3. The molecule has 0 saturated carbocycles. The molecule has 5 rings (SSSR count). The van der Waals surface area contributed by atoms with Gasteiger partial charge in [-0.25, -0.2) is 9.18 Å². The molecule has 2 aromatic carbocycles. The van der Waals surface area contributed by atoms with Crippen molar-refractivity contribution in [1.29, 1.82) is 0 Å². The summed E-state index contributed by atoms with van der Waals surface area (Å²) >= 11 is 1.38. The molecule has 1 aliphatic carbocycles. The van der Waals surface area contributed by atoms with Crippen molar-refractivity contribution in [1.82, 2.24) is 0 Å². The topological polar surface area (TPSA) is 142 Å². The van der Waals surface area contributed by atoms with Crippen LogP contribution in [0.3, 0.4) is 0 Å². The number of carbonyl (C=O) groups excluding carboxylic acids is 3. The van der Waals surface area contributed by atoms with Gasteiger partial charge in [0.1, 0.15) is 17.6 Å². The molecule has 2 aliphatic rings. The van der Waals surface area contributed by atoms with E-state index in [9.17, 15) is 28.9 Å². The second-order valence-corrected chi connectivity index (χ2v) is 10.9. The molecule has 3 aromatic rings. The van der Waals surface area contributed by atoms with E-state index in [1.807, 2.05) is 17.5 Å². The molecule has 222 valence electrons. The summed E-state index contributed by atoms with van der Waals surface area (Å²) in [5.41, 5.74) is 7.55. The number of esters is 2. The summed E-state index contributed by atoms with van der Waals surface area (Å²) in [5.74, 6) is -5.83. The normalized spacial score (nSPS) is 20.1. The Bertz CT molecular complexity index is 1650. The molecule has 2 N–H and O–H groups in total. The van der Waals surface area contributed by atoms with Crippen molar-refractivity contribution in [3.63, 3.8) is 0 Å². The Kier molecular flexibility index (Phi) is 8.40. The number of thiophene rings is 1. The lowest BCUT2D eigenvalue weighted by molar-refractivity contribution is -0.384. The zero-order valence-electron chi connectivity index (χ0n) is 23.3. The maximum atomic E-state index is 14.6. The van der Waals surface area contributed by atoms with Crippen LogP contribution in [0.2, 0.25) is 0 Å². The number of halogens is 1. The molecule has 1 aromatic heterocycles. The molecule has 1 aliphatic heterocycles. The molecule has 0 amide bonds. The van der Waals surface area contributed by atoms with Crippen molar-refractivity contribution in [2.24, 2.45) is 11.7 Å². The van der Waals surface area contributed by atoms with Crippen molar-refractivity contribution in [3.8, 4) is 0 Å². The van der Waals surface area contributed by atoms with E-state index < -0.39 is 46.2 Å². The second kappa shape index (κ2) is 12.2. The Morgan fingerprint density at radius 1 is 1.09 bits per heavy atom. The highest BCUT2D eigenvalue weighted by Crippen LogP contribution is 2.52. The van der Waals surface area contributed by atoms with Gasteiger partial charge in [-0.2, -0.15) is 0 Å². The molecular formula is C31H28FN3O7S. The number of ether oxygens (including phenoxy) is 2. The lowest BCUT2D eigenvalue weighted by Crippen LogP contribution is -2.46. The molecule has 0 unspecified atom stereocenters. The van der Waals surface area contributed by atoms with Crippen molar-refractivity contribution >= 4 is 40.4 Å². The van der Waals surface area contributed by atoms with Crippen molar-refractivity contribution in [2.75, 3.05) is 18.1 Å². The Labute approximate surface area is 250 Å². The average Bonchev–Trinajstić information content (AvgIpc) is 3.52. The summed E-state index contributed by atoms with van der Waals surface area (Å²) in [5, 5.41) is 13.2. The molecular weight excluding hydrogens is 577 g/mol. The van der Waals surface area contributed by atoms with E-state index >= 15 is 0 Å². The Balaban J connectivity index is 1.81. The van der Waals surface area contributed by atoms with Crippen LogP contribution in [0.4, 0.5) is 15.8 Å². The van der Waals surface area contributed by atoms with E-state index in [1.54, 1.807) is 19.9 Å². The Morgan fingerprint density at radius 3 is 2.42 bits per heavy atom. The predicted octanol–water partition coefficient (Wildman–Crippen LogP) is 5.32. The van der Waals surface area contributed by atoms with E-state index in [0.29, 0.717) is 11.4 Å². The maximum absolute atomic E-state index is 14.6. The van der Waals surface area contributed by atoms with Gasteiger partial charge in [-0.05, 0) is 61.5 Å². The number of nitro groups is 1. The van der Waals surface area contributed by atoms with Crippen LogP contribution in [0.5, 0.6) is 0 Å². The van der Waals surface area contributed by atoms with Gasteiger partial charge in [0.2, 0.25) is 0 Å². The van der Waals surface area contributed by atoms with Crippen molar-refractivity contribution in [3.05, 3.63) is 115 Å². The van der Waals surface area contributed by atoms with Gasteiger partial charge >= 0.3 is 11.9 Å². The molecule has 0 spiro atoms. The summed E-state index contributed by atoms with van der Waals surface area (Å²) in [6.45, 7) is 3.30. The number of ketones is 1. The number of benzene rings is 2. The van der Waals surface area contributed by atoms with Crippen LogP contribution in [0.1, 0.15) is 42.5 Å². The number of rotatable bonds is 8. The second-order valence-electron chi connectivity index (χ2n) is 9.90. The summed E-state index contributed by atoms with van der Waals surface area (Å²) in [7, 11) is 0. The quantitative estimate of drug-likeness (QED) is 0.156. The van der Waals surface area contributed by atoms with Crippen LogP contribution in [0.15, 0.2) is 88.7 Å². The molecule has 43 heavy (non-hydrogen) atoms. The van der Waals surface area contributed by atoms with E-state index in [2.05, 4.69) is 0 Å². The van der Waals surface area contributed by atoms with Gasteiger partial charge in [-0.15, -0.1) is 11.3 Å². The zero-order chi connectivity index (χ0) is 30.8. The Hall–Kier alpha value is -4.84. The van der Waals surface area contributed by atoms with Crippen LogP contribution in [-0.2, 0) is 23.9 Å². The largest absolute Gasteiger partial charge is 0.465 e. The first-order valence-corrected chi connectivity index (χ1v) is 14.5. The minimum atomic E-state index is -1.24. The monoisotopic (exact) mass is 605 g/mol. The van der Waals surface area contributed by atoms with Gasteiger partial charge in [-0.1, -0.05) is 18.2 Å². The van der Waals surface area contributed by atoms with Crippen molar-refractivity contribution < 1.29 is 33.2 Å². The fourth-order valence-electron chi connectivity index (χ4n) is 5.75. The van der Waals surface area contributed by atoms with E-state index in [1.165, 1.54) is 58.7 Å². The smallest absolute Gasteiger partial charge is 0.338 e. The van der Waals surface area contributed by atoms with Crippen LogP contribution >= 0.6 is 11.3 Å². The maximum Gasteiger partial charge on any atom is 0.338 e. The minimum absolute atomic E-state index is 0.00519. The zero-order valence-corrected chi connectivity index (χ0v) is 24.1. The fraction of sp³-hybridized carbons (Fsp3) is 0.258. The molecule has 0 saturated heterocycles. The van der Waals surface area contributed by atoms with Gasteiger partial charge in [0.25, 0.3) is 5.69 Å². The first-order valence-electron chi connectivity index (χ1n) is 13.6. The van der Waals surface area contributed by atoms with E-state index in [0.717, 1.165) is 4.88 Å². The standard InChI is InChI=1S/C31H28FN3O7S/c1-3-41-30(37)25-21(23-9-6-14-43-23)16-22-26(28(25)36)24(17-7-5-8-18(32)15-17)27(31(38)42-4-2)29(33)34(22)19-10-12-20(13-11-19)35(39)40/h5-15,21,24-25H,3-4,16,33H2,1-2H3/t21-,24+,25+/m0/s1. The number of nitrogens with zero attached hydrogens (tertiary/aromatic N) is 2. The summed E-state index contributed by atoms with van der Waals surface area (Å²) in [6.07, 6.45) is 0.130. The van der Waals surface area contributed by atoms with Gasteiger partial charge in [0.15, 0.2) is 5.78 Å². The van der Waals surface area contributed by atoms with E-state index in [-0.39, 0.29) is 47.9 Å². The number of anilines is 1. The number of nitrogens with two attached hydrogens (primary N) is 1. The number of allylic oxidation sites excluding steroid dienone is 2. The number of hydrogen-bond donors (Lipinski definition) is 1. The first-order chi connectivity index (χ1) is 20.7. The van der Waals surface area contributed by atoms with Crippen LogP contribution in [0.25, 0.3) is 0 Å². The number of hydrogen-bond acceptors (Lipinski definition) is 10. The minimum Gasteiger partial charge on any atom is -0.465 e. The predicted molar refractivity (Wildman–Crippen MR) is 156 cm³/mol. The van der Waals surface area contributed by atoms with Crippen molar-refractivity contribution in [2.45, 2.75) is 32.1 Å². The van der Waals surface area contributed by atoms with Gasteiger partial charge in [0.05, 0.1) is 29.6 Å². The highest BCUT2D eigenvalue weighted by atomic mass is 32.1. The van der Waals surface area contributed by atoms with Crippen LogP contribution in [-0.4, -0.2) is 35.9 Å². The van der Waals surface area contributed by atoms with Crippen LogP contribution < -0.4 is 10.6 Å². The number of Topliss-reactive ketones (excluding diaryl/α,β-unsaturated/α-hetero) is 1. The summed E-state index contributed by atoms with van der Waals surface area (Å²) in [4.78, 5) is 54.7. The molecule has 0 bridgehead atoms. The third-order valence-corrected chi connectivity index (χ3v) is 8.49. The van der Waals surface area contributed by atoms with Gasteiger partial charge in [0, 0.05) is 39.9 Å². The Morgan fingerprint density at radius 2 is 1.81 bits per heavy atom. The van der Waals surface area contributed by atoms with Gasteiger partial charge < -0.3 is 15.2 Å². The number of nitro benzene ring substituents is 1. The first kappa shape index (κ1) is 29.6. The van der Waals surface area contributed by atoms with Crippen LogP contribution in [0, 0.1) is 21.8 Å². The molecule has 12 heteroatoms. The number of carbonyl (C=O) groups is 3. The summed E-state index contributed by atoms with van der Waals surface area (Å²) in [6, 6.07) is 14.6. The highest BCUT2D eigenvalue weighted by molar-refractivity contribution is 7.10. The lowest BCUT2D eigenvalue weighted by atomic mass is 9.68. The highest BCUT2D eigenvalue weighted by Gasteiger charge is 2.51. The molecule has 3 atom stereocenters. The molecule has 0 fully saturated rings. The SMILES string of the molecule is CCOC(=O)C1=C(N)N(c2ccc([N+](=O)[O-])cc2)C2=C(C(=O)[C@H](C(=O)OCC)[C@H](c3cccs3)C2)[C@H]1c1cccc(F)c1. The third kappa shape index (κ3) is 5.41. The van der Waals surface area contributed by atoms with E-state index in [4.69, 9.17) is 15.2 Å². The molecule has 2 heterocycles. The number of non-ortho nitro benzene ring substituents is 1. The molecule has 0 radical (unpaired) electrons. The fourth-order valence-corrected chi connectivity index (χ4v) is 6.61.